The lowest BCUT2D eigenvalue weighted by Gasteiger charge is -2.12. The maximum atomic E-state index is 5.70. The Morgan fingerprint density at radius 2 is 1.89 bits per heavy atom. The minimum absolute atomic E-state index is 0.291. The predicted molar refractivity (Wildman–Crippen MR) is 110 cm³/mol. The molecule has 0 aliphatic carbocycles. The molecule has 0 saturated carbocycles. The minimum Gasteiger partial charge on any atom is -0.367 e. The molecule has 0 unspecified atom stereocenters. The van der Waals surface area contributed by atoms with Crippen LogP contribution in [-0.4, -0.2) is 27.9 Å². The van der Waals surface area contributed by atoms with E-state index in [0.29, 0.717) is 6.04 Å². The number of nitrogens with one attached hydrogen (secondary N) is 2. The third kappa shape index (κ3) is 3.07. The van der Waals surface area contributed by atoms with Gasteiger partial charge in [0.15, 0.2) is 17.2 Å². The van der Waals surface area contributed by atoms with Gasteiger partial charge in [0.2, 0.25) is 0 Å². The van der Waals surface area contributed by atoms with E-state index in [1.807, 2.05) is 6.92 Å². The number of hydrogen-bond donors (Lipinski definition) is 2. The zero-order chi connectivity index (χ0) is 19.0. The van der Waals surface area contributed by atoms with Crippen molar-refractivity contribution in [2.24, 2.45) is 0 Å². The van der Waals surface area contributed by atoms with Crippen LogP contribution in [0.5, 0.6) is 0 Å². The van der Waals surface area contributed by atoms with Crippen molar-refractivity contribution in [3.05, 3.63) is 42.1 Å². The van der Waals surface area contributed by atoms with Crippen LogP contribution in [0.4, 0.5) is 11.6 Å². The lowest BCUT2D eigenvalue weighted by Crippen LogP contribution is -2.11. The molecule has 0 spiro atoms. The molecular weight excluding hydrogens is 338 g/mol. The highest BCUT2D eigenvalue weighted by Gasteiger charge is 2.16. The number of benzene rings is 2. The standard InChI is InChI=1S/C21H23N5O/c1-5-22-20-17-8-6-13(4)18(19(17)27-26-20)14-7-9-16-15(10-14)11-23-25-21(16)24-12(2)3/h6-12H,5H2,1-4H3,(H,22,26)(H,24,25). The molecule has 0 amide bonds. The fourth-order valence-electron chi connectivity index (χ4n) is 3.38. The maximum Gasteiger partial charge on any atom is 0.177 e. The summed E-state index contributed by atoms with van der Waals surface area (Å²) in [5, 5.41) is 22.3. The molecule has 0 aliphatic rings. The van der Waals surface area contributed by atoms with Gasteiger partial charge in [-0.15, -0.1) is 5.10 Å². The van der Waals surface area contributed by atoms with Crippen molar-refractivity contribution in [3.63, 3.8) is 0 Å². The van der Waals surface area contributed by atoms with Gasteiger partial charge in [0.25, 0.3) is 0 Å². The SMILES string of the molecule is CCNc1noc2c(-c3ccc4c(NC(C)C)nncc4c3)c(C)ccc12. The molecule has 2 heterocycles. The van der Waals surface area contributed by atoms with E-state index in [0.717, 1.165) is 56.6 Å². The van der Waals surface area contributed by atoms with Gasteiger partial charge in [-0.25, -0.2) is 0 Å². The average molecular weight is 361 g/mol. The van der Waals surface area contributed by atoms with Crippen LogP contribution in [0.15, 0.2) is 41.1 Å². The first-order valence-corrected chi connectivity index (χ1v) is 9.23. The Hall–Kier alpha value is -3.15. The number of aromatic nitrogens is 3. The van der Waals surface area contributed by atoms with Crippen molar-refractivity contribution >= 4 is 33.4 Å². The van der Waals surface area contributed by atoms with Crippen LogP contribution in [0.25, 0.3) is 32.9 Å². The Balaban J connectivity index is 1.88. The molecule has 4 aromatic rings. The quantitative estimate of drug-likeness (QED) is 0.521. The Kier molecular flexibility index (Phi) is 4.39. The van der Waals surface area contributed by atoms with Gasteiger partial charge in [-0.05, 0) is 57.0 Å². The van der Waals surface area contributed by atoms with Crippen LogP contribution in [0.2, 0.25) is 0 Å². The molecule has 6 nitrogen and oxygen atoms in total. The second kappa shape index (κ2) is 6.87. The van der Waals surface area contributed by atoms with Crippen LogP contribution >= 0.6 is 0 Å². The van der Waals surface area contributed by atoms with Crippen molar-refractivity contribution in [2.45, 2.75) is 33.7 Å². The largest absolute Gasteiger partial charge is 0.367 e. The van der Waals surface area contributed by atoms with E-state index in [9.17, 15) is 0 Å². The average Bonchev–Trinajstić information content (AvgIpc) is 3.04. The van der Waals surface area contributed by atoms with Crippen LogP contribution in [0.1, 0.15) is 26.3 Å². The van der Waals surface area contributed by atoms with Crippen molar-refractivity contribution in [1.29, 1.82) is 0 Å². The highest BCUT2D eigenvalue weighted by molar-refractivity contribution is 6.02. The van der Waals surface area contributed by atoms with Gasteiger partial charge in [0.1, 0.15) is 0 Å². The number of hydrogen-bond acceptors (Lipinski definition) is 6. The zero-order valence-electron chi connectivity index (χ0n) is 16.0. The van der Waals surface area contributed by atoms with Gasteiger partial charge in [0, 0.05) is 28.9 Å². The molecule has 2 N–H and O–H groups in total. The summed E-state index contributed by atoms with van der Waals surface area (Å²) in [6.45, 7) is 9.11. The topological polar surface area (TPSA) is 75.9 Å². The second-order valence-electron chi connectivity index (χ2n) is 6.99. The second-order valence-corrected chi connectivity index (χ2v) is 6.99. The molecule has 6 heteroatoms. The van der Waals surface area contributed by atoms with E-state index in [1.165, 1.54) is 0 Å². The maximum absolute atomic E-state index is 5.70. The number of aryl methyl sites for hydroxylation is 1. The molecule has 0 bridgehead atoms. The fraction of sp³-hybridized carbons (Fsp3) is 0.286. The van der Waals surface area contributed by atoms with E-state index in [1.54, 1.807) is 6.20 Å². The predicted octanol–water partition coefficient (Wildman–Crippen LogP) is 5.00. The molecule has 2 aromatic carbocycles. The van der Waals surface area contributed by atoms with E-state index >= 15 is 0 Å². The van der Waals surface area contributed by atoms with Crippen LogP contribution in [0.3, 0.4) is 0 Å². The first-order chi connectivity index (χ1) is 13.1. The van der Waals surface area contributed by atoms with Crippen molar-refractivity contribution in [1.82, 2.24) is 15.4 Å². The zero-order valence-corrected chi connectivity index (χ0v) is 16.0. The molecule has 4 rings (SSSR count). The summed E-state index contributed by atoms with van der Waals surface area (Å²) >= 11 is 0. The monoisotopic (exact) mass is 361 g/mol. The Bertz CT molecular complexity index is 1120. The Morgan fingerprint density at radius 3 is 2.67 bits per heavy atom. The van der Waals surface area contributed by atoms with E-state index < -0.39 is 0 Å². The Labute approximate surface area is 158 Å². The van der Waals surface area contributed by atoms with Crippen LogP contribution in [0, 0.1) is 6.92 Å². The third-order valence-corrected chi connectivity index (χ3v) is 4.57. The summed E-state index contributed by atoms with van der Waals surface area (Å²) in [7, 11) is 0. The third-order valence-electron chi connectivity index (χ3n) is 4.57. The summed E-state index contributed by atoms with van der Waals surface area (Å²) in [4.78, 5) is 0. The molecule has 0 radical (unpaired) electrons. The van der Waals surface area contributed by atoms with Gasteiger partial charge in [-0.2, -0.15) is 5.10 Å². The van der Waals surface area contributed by atoms with Gasteiger partial charge >= 0.3 is 0 Å². The van der Waals surface area contributed by atoms with Gasteiger partial charge in [-0.1, -0.05) is 17.3 Å². The van der Waals surface area contributed by atoms with E-state index in [-0.39, 0.29) is 0 Å². The minimum atomic E-state index is 0.291. The van der Waals surface area contributed by atoms with Crippen molar-refractivity contribution in [3.8, 4) is 11.1 Å². The van der Waals surface area contributed by atoms with Crippen LogP contribution in [-0.2, 0) is 0 Å². The summed E-state index contributed by atoms with van der Waals surface area (Å²) < 4.78 is 5.70. The molecule has 0 atom stereocenters. The molecule has 0 saturated heterocycles. The Morgan fingerprint density at radius 1 is 1.07 bits per heavy atom. The highest BCUT2D eigenvalue weighted by Crippen LogP contribution is 2.36. The molecule has 138 valence electrons. The van der Waals surface area contributed by atoms with Gasteiger partial charge in [-0.3, -0.25) is 0 Å². The van der Waals surface area contributed by atoms with Gasteiger partial charge < -0.3 is 15.2 Å². The van der Waals surface area contributed by atoms with Crippen molar-refractivity contribution < 1.29 is 4.52 Å². The normalized spacial score (nSPS) is 11.4. The summed E-state index contributed by atoms with van der Waals surface area (Å²) in [5.74, 6) is 1.59. The molecule has 0 aliphatic heterocycles. The van der Waals surface area contributed by atoms with Crippen LogP contribution < -0.4 is 10.6 Å². The fourth-order valence-corrected chi connectivity index (χ4v) is 3.38. The lowest BCUT2D eigenvalue weighted by atomic mass is 9.96. The molecule has 0 fully saturated rings. The number of fused-ring (bicyclic) bond motifs is 2. The van der Waals surface area contributed by atoms with Gasteiger partial charge in [0.05, 0.1) is 11.6 Å². The summed E-state index contributed by atoms with van der Waals surface area (Å²) in [6, 6.07) is 10.8. The first kappa shape index (κ1) is 17.3. The lowest BCUT2D eigenvalue weighted by molar-refractivity contribution is 0.460. The first-order valence-electron chi connectivity index (χ1n) is 9.23. The van der Waals surface area contributed by atoms with E-state index in [4.69, 9.17) is 4.52 Å². The number of nitrogens with zero attached hydrogens (tertiary/aromatic N) is 3. The van der Waals surface area contributed by atoms with Crippen molar-refractivity contribution in [2.75, 3.05) is 17.2 Å². The number of anilines is 2. The summed E-state index contributed by atoms with van der Waals surface area (Å²) in [5.41, 5.74) is 4.07. The highest BCUT2D eigenvalue weighted by atomic mass is 16.5. The number of rotatable bonds is 5. The molecular formula is C21H23N5O. The molecule has 27 heavy (non-hydrogen) atoms. The molecule has 2 aromatic heterocycles. The summed E-state index contributed by atoms with van der Waals surface area (Å²) in [6.07, 6.45) is 1.80. The van der Waals surface area contributed by atoms with E-state index in [2.05, 4.69) is 77.1 Å². The smallest absolute Gasteiger partial charge is 0.177 e.